The summed E-state index contributed by atoms with van der Waals surface area (Å²) < 4.78 is 7.12. The molecule has 5 rings (SSSR count). The molecule has 3 aromatic heterocycles. The second kappa shape index (κ2) is 9.36. The number of nitrogens with one attached hydrogen (secondary N) is 1. The van der Waals surface area contributed by atoms with Gasteiger partial charge in [-0.05, 0) is 46.5 Å². The summed E-state index contributed by atoms with van der Waals surface area (Å²) in [7, 11) is 1.40. The Hall–Kier alpha value is -3.56. The molecule has 3 heterocycles. The number of fused-ring (bicyclic) bond motifs is 1. The fourth-order valence-corrected chi connectivity index (χ4v) is 5.10. The smallest absolute Gasteiger partial charge is 0.350 e. The minimum absolute atomic E-state index is 0.338. The molecule has 34 heavy (non-hydrogen) atoms. The zero-order valence-electron chi connectivity index (χ0n) is 18.6. The number of hydrogen-bond donors (Lipinski definition) is 1. The number of halogens is 1. The average molecular weight is 493 g/mol. The summed E-state index contributed by atoms with van der Waals surface area (Å²) in [5.74, 6) is 1.13. The summed E-state index contributed by atoms with van der Waals surface area (Å²) in [6.07, 6.45) is 1.79. The molecule has 0 atom stereocenters. The van der Waals surface area contributed by atoms with Crippen molar-refractivity contribution in [3.63, 3.8) is 0 Å². The van der Waals surface area contributed by atoms with Gasteiger partial charge in [0, 0.05) is 28.9 Å². The van der Waals surface area contributed by atoms with Crippen LogP contribution in [0.25, 0.3) is 33.5 Å². The van der Waals surface area contributed by atoms with Crippen LogP contribution < -0.4 is 0 Å². The number of aromatic amines is 1. The van der Waals surface area contributed by atoms with Crippen LogP contribution in [-0.4, -0.2) is 43.3 Å². The van der Waals surface area contributed by atoms with Gasteiger partial charge in [0.05, 0.1) is 12.6 Å². The molecule has 0 amide bonds. The van der Waals surface area contributed by atoms with Crippen LogP contribution in [0.1, 0.15) is 34.4 Å². The molecule has 0 aliphatic carbocycles. The Bertz CT molecular complexity index is 1460. The molecule has 0 spiro atoms. The Labute approximate surface area is 204 Å². The molecule has 10 heteroatoms. The number of methoxy groups -OCH3 is 1. The highest BCUT2D eigenvalue weighted by molar-refractivity contribution is 7.13. The molecule has 0 radical (unpaired) electrons. The first kappa shape index (κ1) is 22.2. The number of ether oxygens (including phenoxy) is 1. The van der Waals surface area contributed by atoms with Gasteiger partial charge < -0.3 is 9.30 Å². The van der Waals surface area contributed by atoms with E-state index in [0.717, 1.165) is 52.0 Å². The summed E-state index contributed by atoms with van der Waals surface area (Å²) in [6.45, 7) is 2.72. The highest BCUT2D eigenvalue weighted by Gasteiger charge is 2.21. The second-order valence-electron chi connectivity index (χ2n) is 7.78. The minimum Gasteiger partial charge on any atom is -0.465 e. The molecule has 2 aromatic carbocycles. The summed E-state index contributed by atoms with van der Waals surface area (Å²) in [5, 5.41) is 16.9. The standard InChI is InChI=1S/C24H21ClN6O2S/c1-3-4-20-26-19-13-34-22(24(32)33-2)21(19)31(20)12-14-5-7-15(8-6-14)18-11-16(25)9-10-17(18)23-27-29-30-28-23/h5-11,13H,3-4,12H2,1-2H3,(H,27,28,29,30). The largest absolute Gasteiger partial charge is 0.465 e. The lowest BCUT2D eigenvalue weighted by molar-refractivity contribution is 0.0608. The predicted octanol–water partition coefficient (Wildman–Crippen LogP) is 5.39. The zero-order chi connectivity index (χ0) is 23.7. The number of carbonyl (C=O) groups excluding carboxylic acids is 1. The number of aromatic nitrogens is 6. The van der Waals surface area contributed by atoms with Crippen molar-refractivity contribution < 1.29 is 9.53 Å². The van der Waals surface area contributed by atoms with Crippen LogP contribution in [0.3, 0.4) is 0 Å². The number of aryl methyl sites for hydroxylation is 1. The highest BCUT2D eigenvalue weighted by atomic mass is 35.5. The van der Waals surface area contributed by atoms with Crippen LogP contribution in [0, 0.1) is 0 Å². The van der Waals surface area contributed by atoms with E-state index in [4.69, 9.17) is 21.3 Å². The van der Waals surface area contributed by atoms with Gasteiger partial charge in [0.1, 0.15) is 16.2 Å². The van der Waals surface area contributed by atoms with E-state index >= 15 is 0 Å². The first-order valence-electron chi connectivity index (χ1n) is 10.8. The van der Waals surface area contributed by atoms with Gasteiger partial charge in [-0.3, -0.25) is 0 Å². The third kappa shape index (κ3) is 4.08. The molecule has 0 unspecified atom stereocenters. The monoisotopic (exact) mass is 492 g/mol. The van der Waals surface area contributed by atoms with Gasteiger partial charge in [0.2, 0.25) is 5.82 Å². The fourth-order valence-electron chi connectivity index (χ4n) is 4.03. The molecule has 0 bridgehead atoms. The number of H-pyrrole nitrogens is 1. The van der Waals surface area contributed by atoms with Crippen molar-refractivity contribution in [3.05, 3.63) is 69.1 Å². The first-order valence-corrected chi connectivity index (χ1v) is 12.0. The second-order valence-corrected chi connectivity index (χ2v) is 9.09. The topological polar surface area (TPSA) is 98.6 Å². The summed E-state index contributed by atoms with van der Waals surface area (Å²) in [4.78, 5) is 17.7. The number of benzene rings is 2. The van der Waals surface area contributed by atoms with E-state index in [1.807, 2.05) is 35.7 Å². The lowest BCUT2D eigenvalue weighted by atomic mass is 9.98. The molecule has 172 valence electrons. The van der Waals surface area contributed by atoms with E-state index in [9.17, 15) is 4.79 Å². The number of carbonyl (C=O) groups is 1. The quantitative estimate of drug-likeness (QED) is 0.306. The third-order valence-electron chi connectivity index (χ3n) is 5.59. The van der Waals surface area contributed by atoms with Crippen molar-refractivity contribution in [1.29, 1.82) is 0 Å². The third-order valence-corrected chi connectivity index (χ3v) is 6.77. The lowest BCUT2D eigenvalue weighted by Crippen LogP contribution is -2.08. The van der Waals surface area contributed by atoms with Crippen LogP contribution in [0.15, 0.2) is 47.8 Å². The molecule has 0 aliphatic rings. The Balaban J connectivity index is 1.52. The highest BCUT2D eigenvalue weighted by Crippen LogP contribution is 2.33. The summed E-state index contributed by atoms with van der Waals surface area (Å²) in [5.41, 5.74) is 5.50. The van der Waals surface area contributed by atoms with Gasteiger partial charge in [0.15, 0.2) is 0 Å². The van der Waals surface area contributed by atoms with Crippen LogP contribution >= 0.6 is 22.9 Å². The van der Waals surface area contributed by atoms with E-state index in [2.05, 4.69) is 44.2 Å². The number of rotatable bonds is 7. The zero-order valence-corrected chi connectivity index (χ0v) is 20.2. The number of tetrazole rings is 1. The van der Waals surface area contributed by atoms with E-state index in [0.29, 0.717) is 22.3 Å². The van der Waals surface area contributed by atoms with Crippen LogP contribution in [0.5, 0.6) is 0 Å². The van der Waals surface area contributed by atoms with Gasteiger partial charge >= 0.3 is 5.97 Å². The SMILES string of the molecule is CCCc1nc2csc(C(=O)OC)c2n1Cc1ccc(-c2cc(Cl)ccc2-c2nn[nH]n2)cc1. The number of hydrogen-bond acceptors (Lipinski definition) is 7. The molecule has 5 aromatic rings. The Morgan fingerprint density at radius 2 is 2.00 bits per heavy atom. The van der Waals surface area contributed by atoms with Gasteiger partial charge in [-0.25, -0.2) is 9.78 Å². The summed E-state index contributed by atoms with van der Waals surface area (Å²) >= 11 is 7.65. The Morgan fingerprint density at radius 1 is 1.18 bits per heavy atom. The number of imidazole rings is 1. The number of nitrogens with zero attached hydrogens (tertiary/aromatic N) is 5. The van der Waals surface area contributed by atoms with Crippen molar-refractivity contribution in [2.45, 2.75) is 26.3 Å². The molecule has 1 N–H and O–H groups in total. The van der Waals surface area contributed by atoms with E-state index in [1.165, 1.54) is 18.4 Å². The number of thiophene rings is 1. The first-order chi connectivity index (χ1) is 16.6. The maximum atomic E-state index is 12.3. The van der Waals surface area contributed by atoms with Gasteiger partial charge in [-0.15, -0.1) is 21.5 Å². The van der Waals surface area contributed by atoms with E-state index in [1.54, 1.807) is 0 Å². The van der Waals surface area contributed by atoms with Crippen LogP contribution in [0.2, 0.25) is 5.02 Å². The molecule has 8 nitrogen and oxygen atoms in total. The normalized spacial score (nSPS) is 11.3. The molecule has 0 saturated carbocycles. The van der Waals surface area contributed by atoms with Crippen LogP contribution in [-0.2, 0) is 17.7 Å². The van der Waals surface area contributed by atoms with Gasteiger partial charge in [-0.1, -0.05) is 42.8 Å². The molecule has 0 fully saturated rings. The summed E-state index contributed by atoms with van der Waals surface area (Å²) in [6, 6.07) is 13.8. The molecular formula is C24H21ClN6O2S. The maximum Gasteiger partial charge on any atom is 0.350 e. The van der Waals surface area contributed by atoms with E-state index < -0.39 is 0 Å². The van der Waals surface area contributed by atoms with Crippen molar-refractivity contribution in [3.8, 4) is 22.5 Å². The molecular weight excluding hydrogens is 472 g/mol. The minimum atomic E-state index is -0.338. The van der Waals surface area contributed by atoms with Crippen molar-refractivity contribution in [2.75, 3.05) is 7.11 Å². The average Bonchev–Trinajstić information content (AvgIpc) is 3.58. The van der Waals surface area contributed by atoms with E-state index in [-0.39, 0.29) is 5.97 Å². The lowest BCUT2D eigenvalue weighted by Gasteiger charge is -2.12. The Kier molecular flexibility index (Phi) is 6.12. The van der Waals surface area contributed by atoms with Crippen molar-refractivity contribution in [2.24, 2.45) is 0 Å². The molecule has 0 aliphatic heterocycles. The van der Waals surface area contributed by atoms with Crippen LogP contribution in [0.4, 0.5) is 0 Å². The fraction of sp³-hybridized carbons (Fsp3) is 0.208. The maximum absolute atomic E-state index is 12.3. The van der Waals surface area contributed by atoms with Crippen molar-refractivity contribution in [1.82, 2.24) is 30.2 Å². The number of esters is 1. The molecule has 0 saturated heterocycles. The van der Waals surface area contributed by atoms with Crippen molar-refractivity contribution >= 4 is 39.9 Å². The van der Waals surface area contributed by atoms with Gasteiger partial charge in [0.25, 0.3) is 0 Å². The predicted molar refractivity (Wildman–Crippen MR) is 132 cm³/mol. The Morgan fingerprint density at radius 3 is 2.71 bits per heavy atom. The van der Waals surface area contributed by atoms with Gasteiger partial charge in [-0.2, -0.15) is 5.21 Å².